The van der Waals surface area contributed by atoms with E-state index in [0.717, 1.165) is 19.3 Å². The molecule has 0 aromatic heterocycles. The monoisotopic (exact) mass is 528 g/mol. The van der Waals surface area contributed by atoms with Crippen LogP contribution in [0.25, 0.3) is 0 Å². The second-order valence-electron chi connectivity index (χ2n) is 6.77. The summed E-state index contributed by atoms with van der Waals surface area (Å²) in [4.78, 5) is 0.236. The number of allylic oxidation sites excluding steroid dienone is 1. The van der Waals surface area contributed by atoms with Crippen molar-refractivity contribution in [1.82, 2.24) is 0 Å². The van der Waals surface area contributed by atoms with E-state index in [1.807, 2.05) is 65.1 Å². The van der Waals surface area contributed by atoms with Gasteiger partial charge in [-0.15, -0.1) is 23.5 Å². The highest BCUT2D eigenvalue weighted by Gasteiger charge is 2.52. The van der Waals surface area contributed by atoms with Crippen LogP contribution in [0.5, 0.6) is 0 Å². The summed E-state index contributed by atoms with van der Waals surface area (Å²) in [5, 5.41) is 0. The van der Waals surface area contributed by atoms with Crippen LogP contribution in [0.1, 0.15) is 81.6 Å². The number of thioether (sulfide) groups is 2. The minimum atomic E-state index is -2.84. The van der Waals surface area contributed by atoms with Crippen molar-refractivity contribution in [2.45, 2.75) is 91.3 Å². The lowest BCUT2D eigenvalue weighted by molar-refractivity contribution is 0.0686. The third kappa shape index (κ3) is 10.1. The molecule has 0 aliphatic carbocycles. The van der Waals surface area contributed by atoms with Gasteiger partial charge in [-0.1, -0.05) is 26.8 Å². The van der Waals surface area contributed by atoms with E-state index in [-0.39, 0.29) is 9.75 Å². The smallest absolute Gasteiger partial charge is 0.373 e. The highest BCUT2D eigenvalue weighted by molar-refractivity contribution is 8.23. The Hall–Kier alpha value is 0.634. The second kappa shape index (κ2) is 18.9. The van der Waals surface area contributed by atoms with Crippen molar-refractivity contribution in [3.63, 3.8) is 0 Å². The van der Waals surface area contributed by atoms with Crippen LogP contribution < -0.4 is 0 Å². The van der Waals surface area contributed by atoms with Gasteiger partial charge in [0, 0.05) is 43.9 Å². The first-order valence-corrected chi connectivity index (χ1v) is 17.7. The molecule has 0 heterocycles. The van der Waals surface area contributed by atoms with E-state index < -0.39 is 17.6 Å². The van der Waals surface area contributed by atoms with Crippen LogP contribution in [0.15, 0.2) is 10.3 Å². The van der Waals surface area contributed by atoms with E-state index in [9.17, 15) is 0 Å². The molecule has 0 aromatic carbocycles. The lowest BCUT2D eigenvalue weighted by atomic mass is 10.5. The van der Waals surface area contributed by atoms with Crippen molar-refractivity contribution in [3.05, 3.63) is 10.3 Å². The van der Waals surface area contributed by atoms with Crippen LogP contribution in [0.3, 0.4) is 0 Å². The molecule has 0 aliphatic rings. The predicted octanol–water partition coefficient (Wildman–Crippen LogP) is 6.44. The first kappa shape index (κ1) is 32.6. The molecular weight excluding hydrogens is 481 g/mol. The molecule has 0 saturated heterocycles. The third-order valence-corrected chi connectivity index (χ3v) is 16.1. The SMILES string of the molecule is CCC=C(SC(CC)[Si](OCC)(OCC)OCC)SC(CC)[Si](OCC)(OCC)OCC. The minimum absolute atomic E-state index is 0.118. The standard InChI is InChI=1S/C22H48O6S2Si2/c1-10-19-20(29-21(11-2)31(23-13-4,24-14-5)25-15-6)30-22(12-3)32(26-16-7,27-17-8)28-18-9/h19,21-22H,10-18H2,1-9H3. The number of rotatable bonds is 21. The molecule has 2 atom stereocenters. The Labute approximate surface area is 208 Å². The maximum Gasteiger partial charge on any atom is 0.515 e. The van der Waals surface area contributed by atoms with Gasteiger partial charge in [-0.3, -0.25) is 0 Å². The molecule has 0 bridgehead atoms. The van der Waals surface area contributed by atoms with Gasteiger partial charge in [0.1, 0.15) is 0 Å². The molecule has 0 N–H and O–H groups in total. The fourth-order valence-electron chi connectivity index (χ4n) is 3.40. The highest BCUT2D eigenvalue weighted by Crippen LogP contribution is 2.43. The van der Waals surface area contributed by atoms with Crippen LogP contribution in [0.4, 0.5) is 0 Å². The summed E-state index contributed by atoms with van der Waals surface area (Å²) in [5.74, 6) is 0. The molecule has 0 fully saturated rings. The topological polar surface area (TPSA) is 55.4 Å². The van der Waals surface area contributed by atoms with Crippen molar-refractivity contribution in [1.29, 1.82) is 0 Å². The lowest BCUT2D eigenvalue weighted by Crippen LogP contribution is -2.56. The fourth-order valence-corrected chi connectivity index (χ4v) is 14.4. The van der Waals surface area contributed by atoms with Crippen LogP contribution in [0.2, 0.25) is 0 Å². The largest absolute Gasteiger partial charge is 0.515 e. The molecule has 2 unspecified atom stereocenters. The van der Waals surface area contributed by atoms with E-state index >= 15 is 0 Å². The molecule has 0 saturated carbocycles. The van der Waals surface area contributed by atoms with Gasteiger partial charge in [-0.2, -0.15) is 0 Å². The van der Waals surface area contributed by atoms with Crippen molar-refractivity contribution >= 4 is 41.1 Å². The Morgan fingerprint density at radius 1 is 0.562 bits per heavy atom. The summed E-state index contributed by atoms with van der Waals surface area (Å²) in [6.07, 6.45) is 5.04. The quantitative estimate of drug-likeness (QED) is 0.158. The molecule has 0 radical (unpaired) electrons. The molecule has 6 nitrogen and oxygen atoms in total. The summed E-state index contributed by atoms with van der Waals surface area (Å²) in [6.45, 7) is 22.1. The van der Waals surface area contributed by atoms with Crippen molar-refractivity contribution in [2.24, 2.45) is 0 Å². The zero-order valence-corrected chi connectivity index (χ0v) is 25.5. The van der Waals surface area contributed by atoms with Gasteiger partial charge >= 0.3 is 17.6 Å². The molecule has 10 heteroatoms. The summed E-state index contributed by atoms with van der Waals surface area (Å²) in [7, 11) is -5.69. The van der Waals surface area contributed by atoms with Gasteiger partial charge in [0.25, 0.3) is 0 Å². The molecule has 192 valence electrons. The van der Waals surface area contributed by atoms with Crippen LogP contribution in [0, 0.1) is 0 Å². The summed E-state index contributed by atoms with van der Waals surface area (Å²) in [6, 6.07) is 0. The summed E-state index contributed by atoms with van der Waals surface area (Å²) in [5.41, 5.74) is 0. The van der Waals surface area contributed by atoms with Crippen LogP contribution in [-0.2, 0) is 26.6 Å². The summed E-state index contributed by atoms with van der Waals surface area (Å²) < 4.78 is 38.6. The molecule has 0 rings (SSSR count). The molecule has 32 heavy (non-hydrogen) atoms. The van der Waals surface area contributed by atoms with Gasteiger partial charge in [-0.25, -0.2) is 0 Å². The van der Waals surface area contributed by atoms with Gasteiger partial charge in [0.2, 0.25) is 0 Å². The Bertz CT molecular complexity index is 427. The highest BCUT2D eigenvalue weighted by atomic mass is 32.2. The van der Waals surface area contributed by atoms with Crippen molar-refractivity contribution in [3.8, 4) is 0 Å². The van der Waals surface area contributed by atoms with Gasteiger partial charge < -0.3 is 26.6 Å². The Kier molecular flexibility index (Phi) is 19.3. The zero-order chi connectivity index (χ0) is 24.5. The Morgan fingerprint density at radius 2 is 0.844 bits per heavy atom. The van der Waals surface area contributed by atoms with Crippen LogP contribution >= 0.6 is 23.5 Å². The van der Waals surface area contributed by atoms with Gasteiger partial charge in [-0.05, 0) is 60.8 Å². The zero-order valence-electron chi connectivity index (χ0n) is 21.9. The normalized spacial score (nSPS) is 14.4. The average Bonchev–Trinajstić information content (AvgIpc) is 2.76. The van der Waals surface area contributed by atoms with Crippen LogP contribution in [-0.4, -0.2) is 67.0 Å². The maximum absolute atomic E-state index is 6.23. The molecule has 0 aliphatic heterocycles. The van der Waals surface area contributed by atoms with Crippen molar-refractivity contribution < 1.29 is 26.6 Å². The molecular formula is C22H48O6S2Si2. The number of hydrogen-bond acceptors (Lipinski definition) is 8. The van der Waals surface area contributed by atoms with E-state index in [1.165, 1.54) is 4.24 Å². The van der Waals surface area contributed by atoms with E-state index in [0.29, 0.717) is 39.6 Å². The van der Waals surface area contributed by atoms with Crippen molar-refractivity contribution in [2.75, 3.05) is 39.6 Å². The lowest BCUT2D eigenvalue weighted by Gasteiger charge is -2.37. The van der Waals surface area contributed by atoms with E-state index in [2.05, 4.69) is 26.8 Å². The minimum Gasteiger partial charge on any atom is -0.373 e. The molecule has 0 spiro atoms. The fraction of sp³-hybridized carbons (Fsp3) is 0.909. The van der Waals surface area contributed by atoms with Gasteiger partial charge in [0.15, 0.2) is 0 Å². The number of hydrogen-bond donors (Lipinski definition) is 0. The first-order valence-electron chi connectivity index (χ1n) is 12.3. The average molecular weight is 529 g/mol. The van der Waals surface area contributed by atoms with E-state index in [1.54, 1.807) is 0 Å². The predicted molar refractivity (Wildman–Crippen MR) is 143 cm³/mol. The summed E-state index contributed by atoms with van der Waals surface area (Å²) >= 11 is 3.64. The molecule has 0 amide bonds. The Balaban J connectivity index is 5.97. The first-order chi connectivity index (χ1) is 15.4. The van der Waals surface area contributed by atoms with E-state index in [4.69, 9.17) is 26.6 Å². The Morgan fingerprint density at radius 3 is 1.03 bits per heavy atom. The maximum atomic E-state index is 6.23. The third-order valence-electron chi connectivity index (χ3n) is 4.49. The molecule has 0 aromatic rings. The second-order valence-corrected chi connectivity index (χ2v) is 15.9. The van der Waals surface area contributed by atoms with Gasteiger partial charge in [0.05, 0.1) is 9.75 Å².